The second-order valence-electron chi connectivity index (χ2n) is 11.4. The third-order valence-corrected chi connectivity index (χ3v) is 8.09. The van der Waals surface area contributed by atoms with Gasteiger partial charge in [0.15, 0.2) is 0 Å². The molecule has 2 atom stereocenters. The average molecular weight is 563 g/mol. The maximum absolute atomic E-state index is 15.9. The number of rotatable bonds is 10. The van der Waals surface area contributed by atoms with Crippen molar-refractivity contribution in [2.75, 3.05) is 31.5 Å². The molecule has 0 bridgehead atoms. The van der Waals surface area contributed by atoms with Gasteiger partial charge in [0, 0.05) is 36.6 Å². The molecule has 2 unspecified atom stereocenters. The largest absolute Gasteiger partial charge is 0.480 e. The third kappa shape index (κ3) is 7.11. The van der Waals surface area contributed by atoms with E-state index >= 15 is 4.39 Å². The predicted molar refractivity (Wildman–Crippen MR) is 155 cm³/mol. The van der Waals surface area contributed by atoms with Crippen LogP contribution in [0.3, 0.4) is 0 Å². The number of alkyl halides is 1. The number of fused-ring (bicyclic) bond motifs is 1. The number of benzene rings is 1. The van der Waals surface area contributed by atoms with Gasteiger partial charge in [0.1, 0.15) is 17.5 Å². The minimum Gasteiger partial charge on any atom is -0.480 e. The number of hydrogen-bond donors (Lipinski definition) is 3. The number of halogens is 1. The van der Waals surface area contributed by atoms with Gasteiger partial charge in [-0.3, -0.25) is 4.79 Å². The number of pyridine rings is 1. The van der Waals surface area contributed by atoms with Crippen molar-refractivity contribution < 1.29 is 19.1 Å². The first-order valence-corrected chi connectivity index (χ1v) is 14.5. The van der Waals surface area contributed by atoms with E-state index in [0.717, 1.165) is 48.0 Å². The molecule has 0 spiro atoms. The van der Waals surface area contributed by atoms with Gasteiger partial charge < -0.3 is 20.6 Å². The SMILES string of the molecule is Cc1cc(C)n(-c2cccc(C(=O)NC(CCN3CCCC(F)(CCc4ccc5c(n4)NCCC5)C3)C(=O)O)c2)n1. The molecule has 9 nitrogen and oxygen atoms in total. The van der Waals surface area contributed by atoms with Crippen LogP contribution in [-0.4, -0.2) is 74.5 Å². The summed E-state index contributed by atoms with van der Waals surface area (Å²) in [6.45, 7) is 6.09. The van der Waals surface area contributed by atoms with Crippen molar-refractivity contribution >= 4 is 17.7 Å². The molecule has 4 heterocycles. The van der Waals surface area contributed by atoms with Crippen LogP contribution in [0.4, 0.5) is 10.2 Å². The Kier molecular flexibility index (Phi) is 8.68. The summed E-state index contributed by atoms with van der Waals surface area (Å²) in [5.41, 5.74) is 3.64. The van der Waals surface area contributed by atoms with Crippen molar-refractivity contribution in [3.8, 4) is 5.69 Å². The van der Waals surface area contributed by atoms with E-state index in [1.165, 1.54) is 5.56 Å². The van der Waals surface area contributed by atoms with Crippen LogP contribution < -0.4 is 10.6 Å². The first kappa shape index (κ1) is 28.7. The van der Waals surface area contributed by atoms with Gasteiger partial charge in [0.25, 0.3) is 5.91 Å². The van der Waals surface area contributed by atoms with Crippen molar-refractivity contribution in [1.82, 2.24) is 25.0 Å². The van der Waals surface area contributed by atoms with Crippen LogP contribution >= 0.6 is 0 Å². The first-order chi connectivity index (χ1) is 19.7. The van der Waals surface area contributed by atoms with E-state index in [1.54, 1.807) is 22.9 Å². The molecule has 218 valence electrons. The standard InChI is InChI=1S/C31H39FN6O3/c1-21-18-22(2)38(36-21)26-8-3-6-24(19-26)29(39)35-27(30(40)41)12-17-37-16-5-13-31(32,20-37)14-11-25-10-9-23-7-4-15-33-28(23)34-25/h3,6,8-10,18-19,27H,4-5,7,11-17,20H2,1-2H3,(H,33,34)(H,35,39)(H,40,41). The number of carboxylic acids is 1. The van der Waals surface area contributed by atoms with E-state index in [-0.39, 0.29) is 13.0 Å². The maximum Gasteiger partial charge on any atom is 0.326 e. The summed E-state index contributed by atoms with van der Waals surface area (Å²) >= 11 is 0. The van der Waals surface area contributed by atoms with Gasteiger partial charge >= 0.3 is 5.97 Å². The lowest BCUT2D eigenvalue weighted by atomic mass is 9.89. The quantitative estimate of drug-likeness (QED) is 0.339. The van der Waals surface area contributed by atoms with E-state index in [2.05, 4.69) is 21.8 Å². The molecule has 0 radical (unpaired) electrons. The zero-order valence-corrected chi connectivity index (χ0v) is 23.8. The van der Waals surface area contributed by atoms with Crippen molar-refractivity contribution in [2.24, 2.45) is 0 Å². The summed E-state index contributed by atoms with van der Waals surface area (Å²) in [6.07, 6.45) is 4.43. The Labute approximate surface area is 240 Å². The number of carbonyl (C=O) groups is 2. The molecular formula is C31H39FN6O3. The number of nitrogens with zero attached hydrogens (tertiary/aromatic N) is 4. The molecule has 10 heteroatoms. The second-order valence-corrected chi connectivity index (χ2v) is 11.4. The summed E-state index contributed by atoms with van der Waals surface area (Å²) in [5.74, 6) is -0.651. The predicted octanol–water partition coefficient (Wildman–Crippen LogP) is 4.25. The lowest BCUT2D eigenvalue weighted by molar-refractivity contribution is -0.139. The van der Waals surface area contributed by atoms with Gasteiger partial charge in [-0.2, -0.15) is 5.10 Å². The molecule has 0 aliphatic carbocycles. The van der Waals surface area contributed by atoms with Crippen LogP contribution in [0.15, 0.2) is 42.5 Å². The van der Waals surface area contributed by atoms with E-state index in [1.807, 2.05) is 36.9 Å². The third-order valence-electron chi connectivity index (χ3n) is 8.09. The van der Waals surface area contributed by atoms with Crippen LogP contribution in [0.5, 0.6) is 0 Å². The van der Waals surface area contributed by atoms with E-state index in [9.17, 15) is 14.7 Å². The van der Waals surface area contributed by atoms with Crippen LogP contribution in [0.1, 0.15) is 65.1 Å². The summed E-state index contributed by atoms with van der Waals surface area (Å²) in [5, 5.41) is 20.3. The maximum atomic E-state index is 15.9. The van der Waals surface area contributed by atoms with Crippen LogP contribution in [0.25, 0.3) is 5.69 Å². The van der Waals surface area contributed by atoms with Crippen LogP contribution in [0, 0.1) is 13.8 Å². The molecule has 3 aromatic rings. The zero-order chi connectivity index (χ0) is 29.0. The van der Waals surface area contributed by atoms with Gasteiger partial charge in [-0.15, -0.1) is 0 Å². The Bertz CT molecular complexity index is 1410. The fraction of sp³-hybridized carbons (Fsp3) is 0.484. The smallest absolute Gasteiger partial charge is 0.326 e. The number of anilines is 1. The van der Waals surface area contributed by atoms with Crippen molar-refractivity contribution in [3.05, 3.63) is 70.7 Å². The molecule has 5 rings (SSSR count). The topological polar surface area (TPSA) is 112 Å². The van der Waals surface area contributed by atoms with Gasteiger partial charge in [0.2, 0.25) is 0 Å². The molecule has 2 aliphatic heterocycles. The highest BCUT2D eigenvalue weighted by atomic mass is 19.1. The highest BCUT2D eigenvalue weighted by molar-refractivity contribution is 5.97. The highest BCUT2D eigenvalue weighted by Gasteiger charge is 2.35. The fourth-order valence-corrected chi connectivity index (χ4v) is 5.91. The number of aliphatic carboxylic acids is 1. The number of nitrogens with one attached hydrogen (secondary N) is 2. The summed E-state index contributed by atoms with van der Waals surface area (Å²) in [4.78, 5) is 31.7. The number of piperidine rings is 1. The number of aromatic nitrogens is 3. The Hall–Kier alpha value is -3.79. The summed E-state index contributed by atoms with van der Waals surface area (Å²) in [6, 6.07) is 11.9. The Morgan fingerprint density at radius 3 is 2.83 bits per heavy atom. The lowest BCUT2D eigenvalue weighted by Gasteiger charge is -2.38. The van der Waals surface area contributed by atoms with Gasteiger partial charge in [-0.05, 0) is 101 Å². The minimum atomic E-state index is -1.35. The molecule has 2 aromatic heterocycles. The van der Waals surface area contributed by atoms with Gasteiger partial charge in [0.05, 0.1) is 11.4 Å². The highest BCUT2D eigenvalue weighted by Crippen LogP contribution is 2.31. The van der Waals surface area contributed by atoms with Crippen molar-refractivity contribution in [3.63, 3.8) is 0 Å². The molecule has 0 saturated carbocycles. The zero-order valence-electron chi connectivity index (χ0n) is 23.8. The molecule has 1 fully saturated rings. The van der Waals surface area contributed by atoms with E-state index in [0.29, 0.717) is 44.3 Å². The fourth-order valence-electron chi connectivity index (χ4n) is 5.91. The second kappa shape index (κ2) is 12.4. The molecule has 2 aliphatic rings. The van der Waals surface area contributed by atoms with Crippen LogP contribution in [-0.2, 0) is 17.6 Å². The van der Waals surface area contributed by atoms with E-state index in [4.69, 9.17) is 4.98 Å². The first-order valence-electron chi connectivity index (χ1n) is 14.5. The van der Waals surface area contributed by atoms with Gasteiger partial charge in [-0.25, -0.2) is 18.9 Å². The molecule has 1 aromatic carbocycles. The van der Waals surface area contributed by atoms with Gasteiger partial charge in [-0.1, -0.05) is 12.1 Å². The normalized spacial score (nSPS) is 19.7. The van der Waals surface area contributed by atoms with Crippen LogP contribution in [0.2, 0.25) is 0 Å². The monoisotopic (exact) mass is 562 g/mol. The number of hydrogen-bond acceptors (Lipinski definition) is 6. The number of amides is 1. The van der Waals surface area contributed by atoms with E-state index < -0.39 is 23.6 Å². The molecule has 1 saturated heterocycles. The Balaban J connectivity index is 1.16. The molecular weight excluding hydrogens is 523 g/mol. The molecule has 1 amide bonds. The molecule has 3 N–H and O–H groups in total. The Morgan fingerprint density at radius 2 is 2.05 bits per heavy atom. The Morgan fingerprint density at radius 1 is 1.20 bits per heavy atom. The number of carboxylic acid groups (broad SMARTS) is 1. The average Bonchev–Trinajstić information content (AvgIpc) is 3.31. The minimum absolute atomic E-state index is 0.187. The number of aryl methyl sites for hydroxylation is 4. The summed E-state index contributed by atoms with van der Waals surface area (Å²) in [7, 11) is 0. The number of carbonyl (C=O) groups excluding carboxylic acids is 1. The van der Waals surface area contributed by atoms with Crippen molar-refractivity contribution in [1.29, 1.82) is 0 Å². The molecule has 41 heavy (non-hydrogen) atoms. The summed E-state index contributed by atoms with van der Waals surface area (Å²) < 4.78 is 17.6. The van der Waals surface area contributed by atoms with Crippen molar-refractivity contribution in [2.45, 2.75) is 70.5 Å². The lowest BCUT2D eigenvalue weighted by Crippen LogP contribution is -2.48. The number of likely N-dealkylation sites (tertiary alicyclic amines) is 1.